The first-order valence-electron chi connectivity index (χ1n) is 5.13. The lowest BCUT2D eigenvalue weighted by atomic mass is 10.1. The second-order valence-electron chi connectivity index (χ2n) is 3.82. The Hall–Kier alpha value is -2.22. The molecular formula is C11H6ClF3N2O3. The number of hydrogen-bond donors (Lipinski definition) is 3. The zero-order chi connectivity index (χ0) is 15.1. The van der Waals surface area contributed by atoms with Gasteiger partial charge in [-0.3, -0.25) is 10.1 Å². The molecule has 0 aliphatic rings. The molecule has 20 heavy (non-hydrogen) atoms. The Balaban J connectivity index is 2.70. The molecule has 1 aromatic heterocycles. The molecule has 0 bridgehead atoms. The highest BCUT2D eigenvalue weighted by Crippen LogP contribution is 2.33. The summed E-state index contributed by atoms with van der Waals surface area (Å²) >= 11 is 5.69. The van der Waals surface area contributed by atoms with Crippen LogP contribution in [0.15, 0.2) is 18.2 Å². The first kappa shape index (κ1) is 14.2. The molecule has 0 saturated carbocycles. The molecule has 0 atom stereocenters. The quantitative estimate of drug-likeness (QED) is 0.741. The van der Waals surface area contributed by atoms with Gasteiger partial charge in [-0.25, -0.2) is 4.79 Å². The Labute approximate surface area is 114 Å². The number of H-pyrrole nitrogens is 1. The van der Waals surface area contributed by atoms with E-state index in [-0.39, 0.29) is 15.9 Å². The van der Waals surface area contributed by atoms with Gasteiger partial charge in [0.15, 0.2) is 0 Å². The average molecular weight is 307 g/mol. The van der Waals surface area contributed by atoms with Crippen molar-refractivity contribution in [1.82, 2.24) is 4.98 Å². The van der Waals surface area contributed by atoms with E-state index in [0.29, 0.717) is 0 Å². The lowest BCUT2D eigenvalue weighted by Gasteiger charge is -2.06. The van der Waals surface area contributed by atoms with Crippen molar-refractivity contribution >= 4 is 40.2 Å². The van der Waals surface area contributed by atoms with Gasteiger partial charge in [-0.1, -0.05) is 17.7 Å². The third kappa shape index (κ3) is 2.55. The van der Waals surface area contributed by atoms with E-state index in [9.17, 15) is 22.8 Å². The summed E-state index contributed by atoms with van der Waals surface area (Å²) in [7, 11) is 0. The fraction of sp³-hybridized carbons (Fsp3) is 0.0909. The van der Waals surface area contributed by atoms with Crippen LogP contribution in [-0.4, -0.2) is 28.1 Å². The Morgan fingerprint density at radius 1 is 1.30 bits per heavy atom. The van der Waals surface area contributed by atoms with Crippen molar-refractivity contribution in [2.24, 2.45) is 0 Å². The van der Waals surface area contributed by atoms with Crippen molar-refractivity contribution in [2.45, 2.75) is 6.18 Å². The minimum atomic E-state index is -5.12. The molecule has 0 radical (unpaired) electrons. The van der Waals surface area contributed by atoms with Crippen LogP contribution >= 0.6 is 11.6 Å². The van der Waals surface area contributed by atoms with E-state index >= 15 is 0 Å². The van der Waals surface area contributed by atoms with E-state index < -0.39 is 29.4 Å². The van der Waals surface area contributed by atoms with Crippen LogP contribution in [0.3, 0.4) is 0 Å². The van der Waals surface area contributed by atoms with E-state index in [1.807, 2.05) is 0 Å². The van der Waals surface area contributed by atoms with E-state index in [0.717, 1.165) is 0 Å². The second kappa shape index (κ2) is 4.71. The predicted octanol–water partition coefficient (Wildman–Crippen LogP) is 3.66. The number of carbonyl (C=O) groups is 2. The lowest BCUT2D eigenvalue weighted by Crippen LogP contribution is -2.24. The number of Topliss-reactive ketones (excluding diaryl/α,β-unsaturated/α-hetero) is 1. The van der Waals surface area contributed by atoms with Crippen molar-refractivity contribution < 1.29 is 27.9 Å². The number of anilines is 1. The van der Waals surface area contributed by atoms with Crippen LogP contribution in [0.2, 0.25) is 5.02 Å². The number of benzene rings is 1. The third-order valence-electron chi connectivity index (χ3n) is 2.48. The maximum absolute atomic E-state index is 12.6. The summed E-state index contributed by atoms with van der Waals surface area (Å²) in [5.41, 5.74) is -0.666. The van der Waals surface area contributed by atoms with Gasteiger partial charge in [0.1, 0.15) is 5.82 Å². The van der Waals surface area contributed by atoms with Crippen LogP contribution in [0.4, 0.5) is 23.8 Å². The summed E-state index contributed by atoms with van der Waals surface area (Å²) in [4.78, 5) is 24.4. The average Bonchev–Trinajstić information content (AvgIpc) is 2.62. The number of halogens is 4. The fourth-order valence-corrected chi connectivity index (χ4v) is 1.92. The molecule has 3 N–H and O–H groups in total. The number of aromatic amines is 1. The summed E-state index contributed by atoms with van der Waals surface area (Å²) in [5.74, 6) is -2.69. The van der Waals surface area contributed by atoms with Crippen molar-refractivity contribution in [3.63, 3.8) is 0 Å². The normalized spacial score (nSPS) is 11.6. The second-order valence-corrected chi connectivity index (χ2v) is 4.26. The number of fused-ring (bicyclic) bond motifs is 1. The molecule has 0 saturated heterocycles. The molecule has 9 heteroatoms. The van der Waals surface area contributed by atoms with E-state index in [4.69, 9.17) is 16.7 Å². The topological polar surface area (TPSA) is 82.2 Å². The van der Waals surface area contributed by atoms with Gasteiger partial charge in [0.05, 0.1) is 5.56 Å². The Morgan fingerprint density at radius 2 is 1.95 bits per heavy atom. The highest BCUT2D eigenvalue weighted by molar-refractivity contribution is 6.31. The Bertz CT molecular complexity index is 709. The van der Waals surface area contributed by atoms with Crippen LogP contribution < -0.4 is 5.32 Å². The van der Waals surface area contributed by atoms with Crippen molar-refractivity contribution in [1.29, 1.82) is 0 Å². The number of carboxylic acid groups (broad SMARTS) is 1. The highest BCUT2D eigenvalue weighted by atomic mass is 35.5. The standard InChI is InChI=1S/C11H6ClF3N2O3/c12-4-1-2-5-6(3-4)16-9(17-10(19)20)7(5)8(18)11(13,14)15/h1-3,16-17H,(H,19,20). The first-order valence-corrected chi connectivity index (χ1v) is 5.50. The maximum Gasteiger partial charge on any atom is 0.455 e. The largest absolute Gasteiger partial charge is 0.465 e. The molecule has 0 unspecified atom stereocenters. The van der Waals surface area contributed by atoms with E-state index in [1.165, 1.54) is 18.2 Å². The molecular weight excluding hydrogens is 301 g/mol. The molecule has 106 valence electrons. The number of aromatic nitrogens is 1. The van der Waals surface area contributed by atoms with Gasteiger partial charge in [-0.05, 0) is 12.1 Å². The monoisotopic (exact) mass is 306 g/mol. The van der Waals surface area contributed by atoms with Gasteiger partial charge < -0.3 is 10.1 Å². The maximum atomic E-state index is 12.6. The van der Waals surface area contributed by atoms with E-state index in [1.54, 1.807) is 5.32 Å². The van der Waals surface area contributed by atoms with Crippen molar-refractivity contribution in [3.8, 4) is 0 Å². The van der Waals surface area contributed by atoms with Crippen LogP contribution in [0.5, 0.6) is 0 Å². The number of nitrogens with one attached hydrogen (secondary N) is 2. The number of carbonyl (C=O) groups excluding carboxylic acids is 1. The van der Waals surface area contributed by atoms with Crippen LogP contribution in [0.1, 0.15) is 10.4 Å². The van der Waals surface area contributed by atoms with Crippen LogP contribution in [0, 0.1) is 0 Å². The molecule has 1 aromatic carbocycles. The summed E-state index contributed by atoms with van der Waals surface area (Å²) in [6.07, 6.45) is -6.72. The SMILES string of the molecule is O=C(O)Nc1[nH]c2cc(Cl)ccc2c1C(=O)C(F)(F)F. The number of rotatable bonds is 2. The van der Waals surface area contributed by atoms with Crippen LogP contribution in [0.25, 0.3) is 10.9 Å². The summed E-state index contributed by atoms with van der Waals surface area (Å²) in [6, 6.07) is 3.80. The Kier molecular flexibility index (Phi) is 3.34. The molecule has 0 fully saturated rings. The molecule has 2 aromatic rings. The van der Waals surface area contributed by atoms with Gasteiger partial charge in [0.2, 0.25) is 0 Å². The third-order valence-corrected chi connectivity index (χ3v) is 2.71. The van der Waals surface area contributed by atoms with Gasteiger partial charge in [-0.15, -0.1) is 0 Å². The van der Waals surface area contributed by atoms with Crippen molar-refractivity contribution in [3.05, 3.63) is 28.8 Å². The molecule has 0 aliphatic carbocycles. The highest BCUT2D eigenvalue weighted by Gasteiger charge is 2.42. The summed E-state index contributed by atoms with van der Waals surface area (Å²) < 4.78 is 37.7. The number of ketones is 1. The number of alkyl halides is 3. The first-order chi connectivity index (χ1) is 9.20. The van der Waals surface area contributed by atoms with Gasteiger partial charge in [0.25, 0.3) is 5.78 Å². The zero-order valence-corrected chi connectivity index (χ0v) is 10.3. The smallest absolute Gasteiger partial charge is 0.455 e. The molecule has 1 heterocycles. The zero-order valence-electron chi connectivity index (χ0n) is 9.51. The molecule has 5 nitrogen and oxygen atoms in total. The molecule has 0 spiro atoms. The predicted molar refractivity (Wildman–Crippen MR) is 65.3 cm³/mol. The molecule has 0 aliphatic heterocycles. The van der Waals surface area contributed by atoms with Crippen molar-refractivity contribution in [2.75, 3.05) is 5.32 Å². The summed E-state index contributed by atoms with van der Waals surface area (Å²) in [5, 5.41) is 10.5. The molecule has 1 amide bonds. The lowest BCUT2D eigenvalue weighted by molar-refractivity contribution is -0.0883. The summed E-state index contributed by atoms with van der Waals surface area (Å²) in [6.45, 7) is 0. The van der Waals surface area contributed by atoms with Gasteiger partial charge >= 0.3 is 12.3 Å². The minimum absolute atomic E-state index is 0.0690. The minimum Gasteiger partial charge on any atom is -0.465 e. The molecule has 2 rings (SSSR count). The van der Waals surface area contributed by atoms with Crippen LogP contribution in [-0.2, 0) is 0 Å². The number of amides is 1. The van der Waals surface area contributed by atoms with Gasteiger partial charge in [-0.2, -0.15) is 13.2 Å². The number of hydrogen-bond acceptors (Lipinski definition) is 2. The fourth-order valence-electron chi connectivity index (χ4n) is 1.75. The van der Waals surface area contributed by atoms with E-state index in [2.05, 4.69) is 4.98 Å². The Morgan fingerprint density at radius 3 is 2.50 bits per heavy atom. The van der Waals surface area contributed by atoms with Gasteiger partial charge in [0, 0.05) is 15.9 Å².